The van der Waals surface area contributed by atoms with E-state index in [0.717, 1.165) is 25.8 Å². The first-order chi connectivity index (χ1) is 8.47. The summed E-state index contributed by atoms with van der Waals surface area (Å²) >= 11 is 0. The van der Waals surface area contributed by atoms with E-state index in [1.54, 1.807) is 19.9 Å². The Balaban J connectivity index is 2.19. The van der Waals surface area contributed by atoms with E-state index in [1.807, 2.05) is 0 Å². The van der Waals surface area contributed by atoms with Gasteiger partial charge in [-0.2, -0.15) is 0 Å². The maximum atomic E-state index is 12.2. The minimum atomic E-state index is -3.39. The van der Waals surface area contributed by atoms with Crippen molar-refractivity contribution in [2.75, 3.05) is 12.3 Å². The lowest BCUT2D eigenvalue weighted by atomic mass is 10.1. The molecule has 2 rings (SSSR count). The van der Waals surface area contributed by atoms with Crippen molar-refractivity contribution in [2.24, 2.45) is 0 Å². The zero-order valence-corrected chi connectivity index (χ0v) is 11.6. The molecular formula is C12H19N3O2S. The van der Waals surface area contributed by atoms with E-state index in [2.05, 4.69) is 15.3 Å². The van der Waals surface area contributed by atoms with Gasteiger partial charge in [0.05, 0.1) is 5.75 Å². The fourth-order valence-corrected chi connectivity index (χ4v) is 3.77. The molecule has 0 unspecified atom stereocenters. The molecule has 1 N–H and O–H groups in total. The van der Waals surface area contributed by atoms with E-state index < -0.39 is 9.84 Å². The minimum absolute atomic E-state index is 0.0348. The molecule has 0 bridgehead atoms. The fourth-order valence-electron chi connectivity index (χ4n) is 2.24. The van der Waals surface area contributed by atoms with Crippen LogP contribution in [0.3, 0.4) is 0 Å². The average molecular weight is 269 g/mol. The van der Waals surface area contributed by atoms with Crippen molar-refractivity contribution in [3.8, 4) is 0 Å². The molecule has 1 aromatic heterocycles. The summed E-state index contributed by atoms with van der Waals surface area (Å²) in [4.78, 5) is 8.09. The standard InChI is InChI=1S/C12H19N3O2S/c1-9-7-10(2)15-12(14-9)18(16,17)8-11-5-3-4-6-13-11/h7,11,13H,3-6,8H2,1-2H3/t11-/m0/s1. The minimum Gasteiger partial charge on any atom is -0.313 e. The monoisotopic (exact) mass is 269 g/mol. The normalized spacial score (nSPS) is 20.9. The van der Waals surface area contributed by atoms with E-state index in [9.17, 15) is 8.42 Å². The van der Waals surface area contributed by atoms with Gasteiger partial charge in [-0.25, -0.2) is 18.4 Å². The van der Waals surface area contributed by atoms with Gasteiger partial charge >= 0.3 is 0 Å². The Kier molecular flexibility index (Phi) is 3.97. The van der Waals surface area contributed by atoms with Crippen LogP contribution < -0.4 is 5.32 Å². The van der Waals surface area contributed by atoms with Crippen molar-refractivity contribution in [3.05, 3.63) is 17.5 Å². The van der Waals surface area contributed by atoms with Crippen LogP contribution in [0, 0.1) is 13.8 Å². The lowest BCUT2D eigenvalue weighted by Gasteiger charge is -2.22. The lowest BCUT2D eigenvalue weighted by molar-refractivity contribution is 0.423. The van der Waals surface area contributed by atoms with Gasteiger partial charge in [0, 0.05) is 17.4 Å². The molecule has 18 heavy (non-hydrogen) atoms. The van der Waals surface area contributed by atoms with Crippen LogP contribution in [0.1, 0.15) is 30.7 Å². The lowest BCUT2D eigenvalue weighted by Crippen LogP contribution is -2.39. The molecule has 5 nitrogen and oxygen atoms in total. The van der Waals surface area contributed by atoms with Gasteiger partial charge in [-0.05, 0) is 39.3 Å². The SMILES string of the molecule is Cc1cc(C)nc(S(=O)(=O)C[C@@H]2CCCCN2)n1. The van der Waals surface area contributed by atoms with Crippen LogP contribution in [-0.4, -0.2) is 36.7 Å². The second kappa shape index (κ2) is 5.32. The molecule has 1 fully saturated rings. The van der Waals surface area contributed by atoms with Crippen LogP contribution in [-0.2, 0) is 9.84 Å². The number of piperidine rings is 1. The first kappa shape index (κ1) is 13.4. The molecule has 1 atom stereocenters. The van der Waals surface area contributed by atoms with E-state index >= 15 is 0 Å². The Morgan fingerprint density at radius 1 is 1.28 bits per heavy atom. The summed E-state index contributed by atoms with van der Waals surface area (Å²) in [7, 11) is -3.39. The summed E-state index contributed by atoms with van der Waals surface area (Å²) in [6, 6.07) is 1.81. The van der Waals surface area contributed by atoms with Crippen LogP contribution in [0.2, 0.25) is 0 Å². The van der Waals surface area contributed by atoms with Crippen molar-refractivity contribution in [1.82, 2.24) is 15.3 Å². The molecule has 0 aliphatic carbocycles. The third-order valence-electron chi connectivity index (χ3n) is 3.07. The molecule has 0 saturated carbocycles. The smallest absolute Gasteiger partial charge is 0.247 e. The summed E-state index contributed by atoms with van der Waals surface area (Å²) < 4.78 is 24.5. The number of rotatable bonds is 3. The van der Waals surface area contributed by atoms with Crippen LogP contribution in [0.15, 0.2) is 11.2 Å². The molecule has 1 aromatic rings. The number of sulfone groups is 1. The average Bonchev–Trinajstić information content (AvgIpc) is 2.28. The van der Waals surface area contributed by atoms with Crippen LogP contribution >= 0.6 is 0 Å². The number of nitrogens with one attached hydrogen (secondary N) is 1. The molecule has 0 amide bonds. The van der Waals surface area contributed by atoms with Gasteiger partial charge in [-0.1, -0.05) is 6.42 Å². The largest absolute Gasteiger partial charge is 0.313 e. The summed E-state index contributed by atoms with van der Waals surface area (Å²) in [5.41, 5.74) is 1.38. The molecule has 2 heterocycles. The fraction of sp³-hybridized carbons (Fsp3) is 0.667. The zero-order valence-electron chi connectivity index (χ0n) is 10.8. The molecule has 100 valence electrons. The Bertz CT molecular complexity index is 502. The van der Waals surface area contributed by atoms with Crippen molar-refractivity contribution in [3.63, 3.8) is 0 Å². The van der Waals surface area contributed by atoms with Gasteiger partial charge in [0.1, 0.15) is 0 Å². The first-order valence-electron chi connectivity index (χ1n) is 6.26. The van der Waals surface area contributed by atoms with Crippen LogP contribution in [0.4, 0.5) is 0 Å². The molecule has 0 aromatic carbocycles. The van der Waals surface area contributed by atoms with E-state index in [-0.39, 0.29) is 17.0 Å². The topological polar surface area (TPSA) is 72.0 Å². The molecule has 0 spiro atoms. The van der Waals surface area contributed by atoms with Crippen molar-refractivity contribution in [1.29, 1.82) is 0 Å². The zero-order chi connectivity index (χ0) is 13.2. The predicted molar refractivity (Wildman–Crippen MR) is 69.2 cm³/mol. The number of hydrogen-bond acceptors (Lipinski definition) is 5. The molecule has 6 heteroatoms. The summed E-state index contributed by atoms with van der Waals surface area (Å²) in [6.07, 6.45) is 3.11. The molecule has 1 aliphatic rings. The predicted octanol–water partition coefficient (Wildman–Crippen LogP) is 1.01. The van der Waals surface area contributed by atoms with E-state index in [0.29, 0.717) is 11.4 Å². The molecule has 0 radical (unpaired) electrons. The Morgan fingerprint density at radius 3 is 2.50 bits per heavy atom. The summed E-state index contributed by atoms with van der Waals surface area (Å²) in [5.74, 6) is 0.0931. The summed E-state index contributed by atoms with van der Waals surface area (Å²) in [6.45, 7) is 4.47. The maximum Gasteiger partial charge on any atom is 0.247 e. The van der Waals surface area contributed by atoms with Gasteiger partial charge in [0.2, 0.25) is 15.0 Å². The summed E-state index contributed by atoms with van der Waals surface area (Å²) in [5, 5.41) is 3.20. The second-order valence-electron chi connectivity index (χ2n) is 4.86. The third-order valence-corrected chi connectivity index (χ3v) is 4.65. The van der Waals surface area contributed by atoms with Gasteiger partial charge < -0.3 is 5.32 Å². The van der Waals surface area contributed by atoms with Gasteiger partial charge in [0.25, 0.3) is 0 Å². The van der Waals surface area contributed by atoms with Crippen LogP contribution in [0.5, 0.6) is 0 Å². The Labute approximate surface area is 108 Å². The number of aromatic nitrogens is 2. The van der Waals surface area contributed by atoms with Gasteiger partial charge in [-0.15, -0.1) is 0 Å². The number of nitrogens with zero attached hydrogens (tertiary/aromatic N) is 2. The first-order valence-corrected chi connectivity index (χ1v) is 7.91. The highest BCUT2D eigenvalue weighted by Gasteiger charge is 2.25. The van der Waals surface area contributed by atoms with Crippen LogP contribution in [0.25, 0.3) is 0 Å². The van der Waals surface area contributed by atoms with Gasteiger partial charge in [-0.3, -0.25) is 0 Å². The Morgan fingerprint density at radius 2 is 1.94 bits per heavy atom. The highest BCUT2D eigenvalue weighted by molar-refractivity contribution is 7.91. The van der Waals surface area contributed by atoms with E-state index in [1.165, 1.54) is 0 Å². The highest BCUT2D eigenvalue weighted by atomic mass is 32.2. The van der Waals surface area contributed by atoms with E-state index in [4.69, 9.17) is 0 Å². The van der Waals surface area contributed by atoms with Crippen molar-refractivity contribution in [2.45, 2.75) is 44.3 Å². The van der Waals surface area contributed by atoms with Gasteiger partial charge in [0.15, 0.2) is 0 Å². The number of hydrogen-bond donors (Lipinski definition) is 1. The third kappa shape index (κ3) is 3.26. The van der Waals surface area contributed by atoms with Crippen molar-refractivity contribution < 1.29 is 8.42 Å². The second-order valence-corrected chi connectivity index (χ2v) is 6.79. The quantitative estimate of drug-likeness (QED) is 0.829. The molecular weight excluding hydrogens is 250 g/mol. The Hall–Kier alpha value is -1.01. The van der Waals surface area contributed by atoms with Crippen molar-refractivity contribution >= 4 is 9.84 Å². The highest BCUT2D eigenvalue weighted by Crippen LogP contribution is 2.14. The maximum absolute atomic E-state index is 12.2. The molecule has 1 saturated heterocycles. The molecule has 1 aliphatic heterocycles. The number of aryl methyl sites for hydroxylation is 2.